The van der Waals surface area contributed by atoms with Crippen molar-refractivity contribution < 1.29 is 0 Å². The van der Waals surface area contributed by atoms with Crippen LogP contribution in [0.1, 0.15) is 52.7 Å². The summed E-state index contributed by atoms with van der Waals surface area (Å²) in [6.07, 6.45) is 0. The van der Waals surface area contributed by atoms with Crippen molar-refractivity contribution in [2.24, 2.45) is 0 Å². The Balaban J connectivity index is 1.04. The molecule has 0 fully saturated rings. The molecule has 0 aliphatic rings. The average Bonchev–Trinajstić information content (AvgIpc) is 4.00. The van der Waals surface area contributed by atoms with Crippen molar-refractivity contribution in [2.75, 3.05) is 4.90 Å². The van der Waals surface area contributed by atoms with E-state index < -0.39 is 0 Å². The first-order chi connectivity index (χ1) is 36.5. The van der Waals surface area contributed by atoms with Crippen molar-refractivity contribution in [2.45, 2.75) is 52.4 Å². The molecule has 0 radical (unpaired) electrons. The van der Waals surface area contributed by atoms with Crippen molar-refractivity contribution in [3.63, 3.8) is 0 Å². The summed E-state index contributed by atoms with van der Waals surface area (Å²) < 4.78 is 4.99. The van der Waals surface area contributed by atoms with E-state index in [1.165, 1.54) is 103 Å². The summed E-state index contributed by atoms with van der Waals surface area (Å²) in [5.41, 5.74) is 19.1. The predicted octanol–water partition coefficient (Wildman–Crippen LogP) is 21.0. The van der Waals surface area contributed by atoms with E-state index in [0.29, 0.717) is 0 Å². The van der Waals surface area contributed by atoms with E-state index in [1.807, 2.05) is 11.3 Å². The Hall–Kier alpha value is -8.50. The predicted molar refractivity (Wildman–Crippen MR) is 325 cm³/mol. The number of aromatic nitrogens is 1. The van der Waals surface area contributed by atoms with Gasteiger partial charge in [-0.15, -0.1) is 11.3 Å². The fraction of sp³-hybridized carbons (Fsp3) is 0.111. The second-order valence-corrected chi connectivity index (χ2v) is 23.2. The minimum Gasteiger partial charge on any atom is -0.309 e. The Bertz CT molecular complexity index is 4270. The molecule has 0 amide bonds. The van der Waals surface area contributed by atoms with Gasteiger partial charge in [0.1, 0.15) is 0 Å². The SMILES string of the molecule is CC(C)(C)c1cc(-c2cccc3cccc(-c4ccccc4N(c4ccc(-c5cccc6c5c5ccccc5n6-c5ccccc5)cc4)c4ccccc4-c4cccc5sc6ccccc6c45)c23)cc(C(C)(C)C)c1. The van der Waals surface area contributed by atoms with Crippen molar-refractivity contribution in [3.05, 3.63) is 254 Å². The Kier molecular flexibility index (Phi) is 11.2. The number of benzene rings is 11. The van der Waals surface area contributed by atoms with Crippen LogP contribution >= 0.6 is 11.3 Å². The van der Waals surface area contributed by atoms with Crippen LogP contribution in [0.4, 0.5) is 17.1 Å². The molecule has 0 saturated carbocycles. The summed E-state index contributed by atoms with van der Waals surface area (Å²) in [6, 6.07) is 90.3. The minimum atomic E-state index is -0.0212. The van der Waals surface area contributed by atoms with Crippen LogP contribution in [0.25, 0.3) is 103 Å². The highest BCUT2D eigenvalue weighted by molar-refractivity contribution is 7.25. The van der Waals surface area contributed by atoms with Gasteiger partial charge >= 0.3 is 0 Å². The number of anilines is 3. The normalized spacial score (nSPS) is 12.1. The molecule has 0 unspecified atom stereocenters. The first-order valence-electron chi connectivity index (χ1n) is 26.2. The van der Waals surface area contributed by atoms with Crippen LogP contribution in [0.3, 0.4) is 0 Å². The van der Waals surface area contributed by atoms with Crippen LogP contribution in [-0.2, 0) is 10.8 Å². The molecular formula is C72H58N2S. The molecule has 3 heteroatoms. The molecule has 0 spiro atoms. The molecule has 2 heterocycles. The second-order valence-electron chi connectivity index (χ2n) is 22.1. The number of nitrogens with zero attached hydrogens (tertiary/aromatic N) is 2. The topological polar surface area (TPSA) is 8.17 Å². The van der Waals surface area contributed by atoms with E-state index in [4.69, 9.17) is 0 Å². The lowest BCUT2D eigenvalue weighted by molar-refractivity contribution is 0.569. The van der Waals surface area contributed by atoms with Gasteiger partial charge in [-0.2, -0.15) is 0 Å². The third-order valence-electron chi connectivity index (χ3n) is 15.3. The highest BCUT2D eigenvalue weighted by Gasteiger charge is 2.26. The van der Waals surface area contributed by atoms with Gasteiger partial charge in [0.2, 0.25) is 0 Å². The van der Waals surface area contributed by atoms with Gasteiger partial charge in [-0.05, 0) is 127 Å². The zero-order valence-electron chi connectivity index (χ0n) is 43.4. The summed E-state index contributed by atoms with van der Waals surface area (Å²) >= 11 is 1.87. The molecule has 0 atom stereocenters. The van der Waals surface area contributed by atoms with Crippen molar-refractivity contribution in [1.29, 1.82) is 0 Å². The van der Waals surface area contributed by atoms with E-state index >= 15 is 0 Å². The summed E-state index contributed by atoms with van der Waals surface area (Å²) in [6.45, 7) is 14.0. The lowest BCUT2D eigenvalue weighted by Gasteiger charge is -2.30. The number of rotatable bonds is 8. The maximum Gasteiger partial charge on any atom is 0.0547 e. The molecule has 2 nitrogen and oxygen atoms in total. The molecule has 0 saturated heterocycles. The van der Waals surface area contributed by atoms with Gasteiger partial charge in [0, 0.05) is 53.4 Å². The zero-order valence-corrected chi connectivity index (χ0v) is 44.2. The molecule has 0 bridgehead atoms. The molecule has 0 aliphatic heterocycles. The highest BCUT2D eigenvalue weighted by Crippen LogP contribution is 2.50. The van der Waals surface area contributed by atoms with Crippen LogP contribution in [0.15, 0.2) is 243 Å². The van der Waals surface area contributed by atoms with Crippen LogP contribution in [0.2, 0.25) is 0 Å². The smallest absolute Gasteiger partial charge is 0.0547 e. The van der Waals surface area contributed by atoms with Crippen molar-refractivity contribution in [1.82, 2.24) is 4.57 Å². The van der Waals surface area contributed by atoms with Crippen molar-refractivity contribution in [3.8, 4) is 50.2 Å². The quantitative estimate of drug-likeness (QED) is 0.147. The molecule has 75 heavy (non-hydrogen) atoms. The van der Waals surface area contributed by atoms with Crippen LogP contribution in [0, 0.1) is 0 Å². The Labute approximate surface area is 444 Å². The number of para-hydroxylation sites is 4. The second kappa shape index (κ2) is 18.2. The summed E-state index contributed by atoms with van der Waals surface area (Å²) in [5.74, 6) is 0. The summed E-state index contributed by atoms with van der Waals surface area (Å²) in [7, 11) is 0. The van der Waals surface area contributed by atoms with E-state index in [2.05, 4.69) is 294 Å². The molecule has 362 valence electrons. The highest BCUT2D eigenvalue weighted by atomic mass is 32.1. The van der Waals surface area contributed by atoms with Gasteiger partial charge in [-0.1, -0.05) is 224 Å². The molecule has 13 aromatic rings. The summed E-state index contributed by atoms with van der Waals surface area (Å²) in [4.78, 5) is 2.52. The van der Waals surface area contributed by atoms with Crippen LogP contribution in [0.5, 0.6) is 0 Å². The lowest BCUT2D eigenvalue weighted by atomic mass is 9.78. The number of hydrogen-bond acceptors (Lipinski definition) is 2. The summed E-state index contributed by atoms with van der Waals surface area (Å²) in [5, 5.41) is 7.54. The van der Waals surface area contributed by atoms with Gasteiger partial charge in [-0.25, -0.2) is 0 Å². The Morgan fingerprint density at radius 1 is 0.347 bits per heavy atom. The van der Waals surface area contributed by atoms with Crippen LogP contribution < -0.4 is 4.90 Å². The van der Waals surface area contributed by atoms with E-state index in [0.717, 1.165) is 28.3 Å². The third-order valence-corrected chi connectivity index (χ3v) is 16.4. The monoisotopic (exact) mass is 982 g/mol. The van der Waals surface area contributed by atoms with E-state index in [-0.39, 0.29) is 10.8 Å². The first kappa shape index (κ1) is 46.3. The van der Waals surface area contributed by atoms with Gasteiger partial charge in [0.05, 0.1) is 22.4 Å². The molecular weight excluding hydrogens is 925 g/mol. The zero-order chi connectivity index (χ0) is 51.0. The fourth-order valence-corrected chi connectivity index (χ4v) is 12.7. The standard InChI is InChI=1S/C72H58N2S/c1-71(2,3)50-44-49(45-51(46-50)72(4,5)6)55-30-18-22-48-23-19-32-58(68(48)55)56-26-10-14-34-62(56)73(63-35-15-11-27-57(63)59-33-21-39-67-70(59)61-29-13-17-38-66(61)75-67)53-42-40-47(41-43-53)54-31-20-37-65-69(54)60-28-12-16-36-64(60)74(65)52-24-8-7-9-25-52/h7-46H,1-6H3. The maximum absolute atomic E-state index is 2.52. The maximum atomic E-state index is 2.52. The van der Waals surface area contributed by atoms with Crippen LogP contribution in [-0.4, -0.2) is 4.57 Å². The third kappa shape index (κ3) is 8.02. The molecule has 11 aromatic carbocycles. The molecule has 0 aliphatic carbocycles. The molecule has 13 rings (SSSR count). The molecule has 0 N–H and O–H groups in total. The van der Waals surface area contributed by atoms with E-state index in [1.54, 1.807) is 0 Å². The lowest BCUT2D eigenvalue weighted by Crippen LogP contribution is -2.16. The van der Waals surface area contributed by atoms with E-state index in [9.17, 15) is 0 Å². The number of fused-ring (bicyclic) bond motifs is 7. The minimum absolute atomic E-state index is 0.0212. The van der Waals surface area contributed by atoms with Gasteiger partial charge in [-0.3, -0.25) is 0 Å². The number of thiophene rings is 1. The van der Waals surface area contributed by atoms with Crippen molar-refractivity contribution >= 4 is 81.1 Å². The largest absolute Gasteiger partial charge is 0.309 e. The fourth-order valence-electron chi connectivity index (χ4n) is 11.6. The van der Waals surface area contributed by atoms with Gasteiger partial charge < -0.3 is 9.47 Å². The molecule has 2 aromatic heterocycles. The van der Waals surface area contributed by atoms with Gasteiger partial charge in [0.15, 0.2) is 0 Å². The van der Waals surface area contributed by atoms with Gasteiger partial charge in [0.25, 0.3) is 0 Å². The number of hydrogen-bond donors (Lipinski definition) is 0. The first-order valence-corrected chi connectivity index (χ1v) is 27.1. The Morgan fingerprint density at radius 3 is 1.51 bits per heavy atom. The Morgan fingerprint density at radius 2 is 0.840 bits per heavy atom. The average molecular weight is 983 g/mol.